The molecule has 0 fully saturated rings. The Hall–Kier alpha value is -0.610. The average Bonchev–Trinajstić information content (AvgIpc) is 2.19. The molecule has 1 N–H and O–H groups in total. The Bertz CT molecular complexity index is 215. The van der Waals surface area contributed by atoms with E-state index in [-0.39, 0.29) is 0 Å². The lowest BCUT2D eigenvalue weighted by molar-refractivity contribution is 0.659. The van der Waals surface area contributed by atoms with Crippen LogP contribution in [0.5, 0.6) is 0 Å². The number of hydrogen-bond acceptors (Lipinski definition) is 4. The van der Waals surface area contributed by atoms with Gasteiger partial charge in [0.15, 0.2) is 0 Å². The van der Waals surface area contributed by atoms with E-state index in [9.17, 15) is 0 Å². The Labute approximate surface area is 83.3 Å². The van der Waals surface area contributed by atoms with E-state index in [0.717, 1.165) is 18.8 Å². The molecule has 72 valence electrons. The third-order valence-electron chi connectivity index (χ3n) is 1.64. The van der Waals surface area contributed by atoms with Crippen molar-refractivity contribution in [1.82, 2.24) is 15.5 Å². The number of thioether (sulfide) groups is 1. The van der Waals surface area contributed by atoms with E-state index in [0.29, 0.717) is 0 Å². The molecule has 1 heterocycles. The van der Waals surface area contributed by atoms with Crippen molar-refractivity contribution < 1.29 is 0 Å². The molecule has 4 heteroatoms. The van der Waals surface area contributed by atoms with Crippen molar-refractivity contribution >= 4 is 11.8 Å². The molecule has 3 nitrogen and oxygen atoms in total. The third-order valence-corrected chi connectivity index (χ3v) is 2.33. The molecule has 1 aromatic heterocycles. The SMILES string of the molecule is CSCCCNCc1cccnn1. The molecule has 0 atom stereocenters. The first-order valence-corrected chi connectivity index (χ1v) is 5.79. The Morgan fingerprint density at radius 2 is 2.46 bits per heavy atom. The molecule has 0 amide bonds. The van der Waals surface area contributed by atoms with Gasteiger partial charge in [0.2, 0.25) is 0 Å². The standard InChI is InChI=1S/C9H15N3S/c1-13-7-3-5-10-8-9-4-2-6-11-12-9/h2,4,6,10H,3,5,7-8H2,1H3. The van der Waals surface area contributed by atoms with Gasteiger partial charge in [-0.05, 0) is 37.1 Å². The van der Waals surface area contributed by atoms with E-state index in [2.05, 4.69) is 21.8 Å². The minimum atomic E-state index is 0.822. The van der Waals surface area contributed by atoms with Crippen molar-refractivity contribution in [3.63, 3.8) is 0 Å². The van der Waals surface area contributed by atoms with Crippen molar-refractivity contribution in [2.45, 2.75) is 13.0 Å². The zero-order valence-corrected chi connectivity index (χ0v) is 8.68. The molecule has 0 aliphatic heterocycles. The van der Waals surface area contributed by atoms with Crippen LogP contribution in [-0.2, 0) is 6.54 Å². The lowest BCUT2D eigenvalue weighted by Gasteiger charge is -2.01. The minimum Gasteiger partial charge on any atom is -0.311 e. The fraction of sp³-hybridized carbons (Fsp3) is 0.556. The highest BCUT2D eigenvalue weighted by Gasteiger charge is 1.92. The summed E-state index contributed by atoms with van der Waals surface area (Å²) >= 11 is 1.88. The summed E-state index contributed by atoms with van der Waals surface area (Å²) in [6.45, 7) is 1.87. The highest BCUT2D eigenvalue weighted by molar-refractivity contribution is 7.98. The predicted octanol–water partition coefficient (Wildman–Crippen LogP) is 1.32. The summed E-state index contributed by atoms with van der Waals surface area (Å²) in [5.74, 6) is 1.22. The van der Waals surface area contributed by atoms with E-state index >= 15 is 0 Å². The van der Waals surface area contributed by atoms with Gasteiger partial charge in [0.25, 0.3) is 0 Å². The van der Waals surface area contributed by atoms with Crippen molar-refractivity contribution in [1.29, 1.82) is 0 Å². The number of nitrogens with zero attached hydrogens (tertiary/aromatic N) is 2. The number of aromatic nitrogens is 2. The second-order valence-corrected chi connectivity index (χ2v) is 3.72. The topological polar surface area (TPSA) is 37.8 Å². The van der Waals surface area contributed by atoms with Gasteiger partial charge in [-0.2, -0.15) is 22.0 Å². The fourth-order valence-corrected chi connectivity index (χ4v) is 1.42. The summed E-state index contributed by atoms with van der Waals surface area (Å²) in [6, 6.07) is 3.89. The molecule has 1 aromatic rings. The van der Waals surface area contributed by atoms with Gasteiger partial charge in [0, 0.05) is 12.7 Å². The summed E-state index contributed by atoms with van der Waals surface area (Å²) in [5, 5.41) is 11.1. The molecule has 0 aromatic carbocycles. The van der Waals surface area contributed by atoms with Crippen molar-refractivity contribution in [3.8, 4) is 0 Å². The van der Waals surface area contributed by atoms with Gasteiger partial charge in [0.05, 0.1) is 5.69 Å². The predicted molar refractivity (Wildman–Crippen MR) is 56.7 cm³/mol. The molecule has 0 radical (unpaired) electrons. The monoisotopic (exact) mass is 197 g/mol. The third kappa shape index (κ3) is 4.85. The number of hydrogen-bond donors (Lipinski definition) is 1. The molecule has 0 aliphatic rings. The zero-order chi connectivity index (χ0) is 9.36. The molecule has 0 unspecified atom stereocenters. The van der Waals surface area contributed by atoms with Crippen LogP contribution in [0, 0.1) is 0 Å². The molecule has 0 aliphatic carbocycles. The van der Waals surface area contributed by atoms with Crippen LogP contribution in [0.2, 0.25) is 0 Å². The molecule has 13 heavy (non-hydrogen) atoms. The first-order valence-electron chi connectivity index (χ1n) is 4.39. The van der Waals surface area contributed by atoms with Gasteiger partial charge < -0.3 is 5.32 Å². The van der Waals surface area contributed by atoms with Crippen molar-refractivity contribution in [2.24, 2.45) is 0 Å². The number of nitrogens with one attached hydrogen (secondary N) is 1. The second-order valence-electron chi connectivity index (χ2n) is 2.74. The van der Waals surface area contributed by atoms with Crippen molar-refractivity contribution in [2.75, 3.05) is 18.6 Å². The summed E-state index contributed by atoms with van der Waals surface area (Å²) in [5.41, 5.74) is 1.01. The van der Waals surface area contributed by atoms with Crippen LogP contribution < -0.4 is 5.32 Å². The van der Waals surface area contributed by atoms with Crippen LogP contribution in [0.4, 0.5) is 0 Å². The minimum absolute atomic E-state index is 0.822. The maximum atomic E-state index is 3.98. The molecular weight excluding hydrogens is 182 g/mol. The summed E-state index contributed by atoms with van der Waals surface area (Å²) < 4.78 is 0. The number of rotatable bonds is 6. The summed E-state index contributed by atoms with van der Waals surface area (Å²) in [7, 11) is 0. The van der Waals surface area contributed by atoms with Crippen LogP contribution in [0.3, 0.4) is 0 Å². The van der Waals surface area contributed by atoms with E-state index < -0.39 is 0 Å². The Kier molecular flexibility index (Phi) is 5.52. The van der Waals surface area contributed by atoms with Gasteiger partial charge >= 0.3 is 0 Å². The first-order chi connectivity index (χ1) is 6.43. The molecule has 0 saturated heterocycles. The van der Waals surface area contributed by atoms with Crippen LogP contribution in [0.15, 0.2) is 18.3 Å². The van der Waals surface area contributed by atoms with E-state index in [4.69, 9.17) is 0 Å². The van der Waals surface area contributed by atoms with Gasteiger partial charge in [-0.25, -0.2) is 0 Å². The lowest BCUT2D eigenvalue weighted by Crippen LogP contribution is -2.16. The highest BCUT2D eigenvalue weighted by atomic mass is 32.2. The Balaban J connectivity index is 2.07. The van der Waals surface area contributed by atoms with Gasteiger partial charge in [-0.1, -0.05) is 0 Å². The van der Waals surface area contributed by atoms with Gasteiger partial charge in [-0.3, -0.25) is 0 Å². The molecule has 0 bridgehead atoms. The zero-order valence-electron chi connectivity index (χ0n) is 7.86. The Morgan fingerprint density at radius 3 is 3.15 bits per heavy atom. The first kappa shape index (κ1) is 10.5. The van der Waals surface area contributed by atoms with Crippen molar-refractivity contribution in [3.05, 3.63) is 24.0 Å². The fourth-order valence-electron chi connectivity index (χ4n) is 0.986. The highest BCUT2D eigenvalue weighted by Crippen LogP contribution is 1.94. The van der Waals surface area contributed by atoms with Crippen LogP contribution in [-0.4, -0.2) is 28.8 Å². The maximum absolute atomic E-state index is 3.98. The summed E-state index contributed by atoms with van der Waals surface area (Å²) in [4.78, 5) is 0. The summed E-state index contributed by atoms with van der Waals surface area (Å²) in [6.07, 6.45) is 5.03. The van der Waals surface area contributed by atoms with Crippen LogP contribution >= 0.6 is 11.8 Å². The smallest absolute Gasteiger partial charge is 0.0768 e. The second kappa shape index (κ2) is 6.86. The molecular formula is C9H15N3S. The van der Waals surface area contributed by atoms with Crippen LogP contribution in [0.25, 0.3) is 0 Å². The molecule has 1 rings (SSSR count). The maximum Gasteiger partial charge on any atom is 0.0768 e. The van der Waals surface area contributed by atoms with Crippen LogP contribution in [0.1, 0.15) is 12.1 Å². The lowest BCUT2D eigenvalue weighted by atomic mass is 10.4. The van der Waals surface area contributed by atoms with Gasteiger partial charge in [0.1, 0.15) is 0 Å². The Morgan fingerprint density at radius 1 is 1.54 bits per heavy atom. The largest absolute Gasteiger partial charge is 0.311 e. The van der Waals surface area contributed by atoms with E-state index in [1.54, 1.807) is 6.20 Å². The van der Waals surface area contributed by atoms with E-state index in [1.165, 1.54) is 12.2 Å². The van der Waals surface area contributed by atoms with E-state index in [1.807, 2.05) is 23.9 Å². The molecule has 0 spiro atoms. The average molecular weight is 197 g/mol. The van der Waals surface area contributed by atoms with Gasteiger partial charge in [-0.15, -0.1) is 0 Å². The quantitative estimate of drug-likeness (QED) is 0.698. The normalized spacial score (nSPS) is 10.2. The molecule has 0 saturated carbocycles.